The monoisotopic (exact) mass is 298 g/mol. The van der Waals surface area contributed by atoms with Crippen molar-refractivity contribution in [2.24, 2.45) is 0 Å². The number of rotatable bonds is 5. The number of hydrogen-bond acceptors (Lipinski definition) is 6. The molecule has 1 fully saturated rings. The highest BCUT2D eigenvalue weighted by Crippen LogP contribution is 2.23. The van der Waals surface area contributed by atoms with E-state index in [2.05, 4.69) is 5.32 Å². The van der Waals surface area contributed by atoms with Gasteiger partial charge in [-0.15, -0.1) is 0 Å². The SMILES string of the molecule is CN(CC(=O)N1CCNCC1)Cc1csc([N+](=O)[O-])c1. The van der Waals surface area contributed by atoms with E-state index in [1.165, 1.54) is 0 Å². The van der Waals surface area contributed by atoms with E-state index in [4.69, 9.17) is 0 Å². The third-order valence-corrected chi connectivity index (χ3v) is 4.08. The second kappa shape index (κ2) is 6.78. The summed E-state index contributed by atoms with van der Waals surface area (Å²) in [6.07, 6.45) is 0. The number of nitrogens with one attached hydrogen (secondary N) is 1. The van der Waals surface area contributed by atoms with Gasteiger partial charge >= 0.3 is 5.00 Å². The van der Waals surface area contributed by atoms with Crippen LogP contribution in [0.5, 0.6) is 0 Å². The van der Waals surface area contributed by atoms with E-state index in [-0.39, 0.29) is 15.8 Å². The number of amides is 1. The molecule has 0 spiro atoms. The third kappa shape index (κ3) is 3.99. The number of carbonyl (C=O) groups excluding carboxylic acids is 1. The lowest BCUT2D eigenvalue weighted by molar-refractivity contribution is -0.380. The summed E-state index contributed by atoms with van der Waals surface area (Å²) in [5.41, 5.74) is 0.873. The summed E-state index contributed by atoms with van der Waals surface area (Å²) < 4.78 is 0. The minimum absolute atomic E-state index is 0.110. The molecule has 0 atom stereocenters. The number of nitro groups is 1. The predicted molar refractivity (Wildman–Crippen MR) is 76.8 cm³/mol. The van der Waals surface area contributed by atoms with Crippen LogP contribution in [-0.2, 0) is 11.3 Å². The Morgan fingerprint density at radius 2 is 2.25 bits per heavy atom. The van der Waals surface area contributed by atoms with Crippen LogP contribution >= 0.6 is 11.3 Å². The highest BCUT2D eigenvalue weighted by Gasteiger charge is 2.18. The van der Waals surface area contributed by atoms with Crippen LogP contribution in [-0.4, -0.2) is 60.4 Å². The second-order valence-electron chi connectivity index (χ2n) is 4.85. The maximum Gasteiger partial charge on any atom is 0.324 e. The molecule has 0 bridgehead atoms. The van der Waals surface area contributed by atoms with Crippen molar-refractivity contribution in [2.75, 3.05) is 39.8 Å². The van der Waals surface area contributed by atoms with Crippen LogP contribution in [0.1, 0.15) is 5.56 Å². The van der Waals surface area contributed by atoms with Gasteiger partial charge in [-0.25, -0.2) is 0 Å². The number of carbonyl (C=O) groups is 1. The smallest absolute Gasteiger partial charge is 0.324 e. The summed E-state index contributed by atoms with van der Waals surface area (Å²) in [6.45, 7) is 4.05. The molecule has 1 aliphatic heterocycles. The Bertz CT molecular complexity index is 485. The summed E-state index contributed by atoms with van der Waals surface area (Å²) >= 11 is 1.12. The van der Waals surface area contributed by atoms with E-state index in [1.807, 2.05) is 16.8 Å². The van der Waals surface area contributed by atoms with Crippen molar-refractivity contribution in [3.05, 3.63) is 27.1 Å². The number of likely N-dealkylation sites (N-methyl/N-ethyl adjacent to an activating group) is 1. The molecule has 1 saturated heterocycles. The van der Waals surface area contributed by atoms with Crippen molar-refractivity contribution in [1.29, 1.82) is 0 Å². The summed E-state index contributed by atoms with van der Waals surface area (Å²) in [6, 6.07) is 1.57. The van der Waals surface area contributed by atoms with Gasteiger partial charge in [0.05, 0.1) is 11.5 Å². The lowest BCUT2D eigenvalue weighted by Crippen LogP contribution is -2.49. The number of nitrogens with zero attached hydrogens (tertiary/aromatic N) is 3. The van der Waals surface area contributed by atoms with Crippen LogP contribution in [0.4, 0.5) is 5.00 Å². The molecule has 1 aliphatic rings. The highest BCUT2D eigenvalue weighted by molar-refractivity contribution is 7.13. The number of thiophene rings is 1. The predicted octanol–water partition coefficient (Wildman–Crippen LogP) is 0.520. The molecule has 20 heavy (non-hydrogen) atoms. The van der Waals surface area contributed by atoms with Gasteiger partial charge in [0.1, 0.15) is 0 Å². The maximum absolute atomic E-state index is 12.1. The van der Waals surface area contributed by atoms with Crippen LogP contribution in [0, 0.1) is 10.1 Å². The standard InChI is InChI=1S/C12H18N4O3S/c1-14(7-10-6-12(16(18)19)20-9-10)8-11(17)15-4-2-13-3-5-15/h6,9,13H,2-5,7-8H2,1H3. The molecule has 7 nitrogen and oxygen atoms in total. The Kier molecular flexibility index (Phi) is 5.05. The van der Waals surface area contributed by atoms with Gasteiger partial charge in [0.15, 0.2) is 0 Å². The number of piperazine rings is 1. The zero-order chi connectivity index (χ0) is 14.5. The molecule has 0 unspecified atom stereocenters. The molecule has 2 rings (SSSR count). The molecule has 1 amide bonds. The van der Waals surface area contributed by atoms with E-state index in [9.17, 15) is 14.9 Å². The van der Waals surface area contributed by atoms with Gasteiger partial charge in [0.25, 0.3) is 0 Å². The zero-order valence-corrected chi connectivity index (χ0v) is 12.2. The van der Waals surface area contributed by atoms with E-state index in [1.54, 1.807) is 11.4 Å². The molecular weight excluding hydrogens is 280 g/mol. The minimum atomic E-state index is -0.389. The van der Waals surface area contributed by atoms with Crippen molar-refractivity contribution >= 4 is 22.2 Å². The van der Waals surface area contributed by atoms with Crippen LogP contribution in [0.2, 0.25) is 0 Å². The fourth-order valence-electron chi connectivity index (χ4n) is 2.15. The van der Waals surface area contributed by atoms with E-state index in [0.29, 0.717) is 13.1 Å². The first-order chi connectivity index (χ1) is 9.56. The van der Waals surface area contributed by atoms with Crippen LogP contribution in [0.3, 0.4) is 0 Å². The first-order valence-electron chi connectivity index (χ1n) is 6.45. The Balaban J connectivity index is 1.83. The summed E-state index contributed by atoms with van der Waals surface area (Å²) in [4.78, 5) is 26.0. The molecule has 110 valence electrons. The fourth-order valence-corrected chi connectivity index (χ4v) is 2.87. The van der Waals surface area contributed by atoms with E-state index < -0.39 is 0 Å². The Morgan fingerprint density at radius 1 is 1.55 bits per heavy atom. The largest absolute Gasteiger partial charge is 0.339 e. The molecule has 2 heterocycles. The summed E-state index contributed by atoms with van der Waals surface area (Å²) in [7, 11) is 1.85. The molecule has 0 radical (unpaired) electrons. The fraction of sp³-hybridized carbons (Fsp3) is 0.583. The Morgan fingerprint density at radius 3 is 2.85 bits per heavy atom. The molecule has 0 saturated carbocycles. The molecule has 0 aromatic carbocycles. The third-order valence-electron chi connectivity index (χ3n) is 3.15. The van der Waals surface area contributed by atoms with Crippen LogP contribution < -0.4 is 5.32 Å². The van der Waals surface area contributed by atoms with Crippen molar-refractivity contribution in [2.45, 2.75) is 6.54 Å². The zero-order valence-electron chi connectivity index (χ0n) is 11.4. The first kappa shape index (κ1) is 14.9. The lowest BCUT2D eigenvalue weighted by atomic mass is 10.3. The van der Waals surface area contributed by atoms with Crippen molar-refractivity contribution in [1.82, 2.24) is 15.1 Å². The van der Waals surface area contributed by atoms with E-state index in [0.717, 1.165) is 43.1 Å². The van der Waals surface area contributed by atoms with Crippen LogP contribution in [0.25, 0.3) is 0 Å². The average Bonchev–Trinajstić information content (AvgIpc) is 2.88. The van der Waals surface area contributed by atoms with Gasteiger partial charge < -0.3 is 10.2 Å². The van der Waals surface area contributed by atoms with Gasteiger partial charge in [-0.3, -0.25) is 19.8 Å². The molecule has 1 aromatic rings. The molecule has 1 aromatic heterocycles. The summed E-state index contributed by atoms with van der Waals surface area (Å²) in [5.74, 6) is 0.110. The molecule has 1 N–H and O–H groups in total. The lowest BCUT2D eigenvalue weighted by Gasteiger charge is -2.29. The Hall–Kier alpha value is -1.51. The van der Waals surface area contributed by atoms with Gasteiger partial charge in [0.2, 0.25) is 5.91 Å². The minimum Gasteiger partial charge on any atom is -0.339 e. The van der Waals surface area contributed by atoms with E-state index >= 15 is 0 Å². The van der Waals surface area contributed by atoms with Crippen molar-refractivity contribution < 1.29 is 9.72 Å². The topological polar surface area (TPSA) is 78.7 Å². The van der Waals surface area contributed by atoms with Gasteiger partial charge in [0, 0.05) is 44.2 Å². The second-order valence-corrected chi connectivity index (χ2v) is 5.74. The molecule has 8 heteroatoms. The quantitative estimate of drug-likeness (QED) is 0.633. The molecule has 0 aliphatic carbocycles. The van der Waals surface area contributed by atoms with Gasteiger partial charge in [-0.05, 0) is 12.6 Å². The average molecular weight is 298 g/mol. The molecular formula is C12H18N4O3S. The van der Waals surface area contributed by atoms with Crippen molar-refractivity contribution in [3.8, 4) is 0 Å². The van der Waals surface area contributed by atoms with Gasteiger partial charge in [-0.1, -0.05) is 11.3 Å². The maximum atomic E-state index is 12.1. The van der Waals surface area contributed by atoms with Crippen LogP contribution in [0.15, 0.2) is 11.4 Å². The summed E-state index contributed by atoms with van der Waals surface area (Å²) in [5, 5.41) is 15.7. The van der Waals surface area contributed by atoms with Crippen molar-refractivity contribution in [3.63, 3.8) is 0 Å². The highest BCUT2D eigenvalue weighted by atomic mass is 32.1. The Labute approximate surface area is 121 Å². The first-order valence-corrected chi connectivity index (χ1v) is 7.33. The van der Waals surface area contributed by atoms with Gasteiger partial charge in [-0.2, -0.15) is 0 Å². The number of hydrogen-bond donors (Lipinski definition) is 1. The normalized spacial score (nSPS) is 15.6.